The number of carbonyl (C=O) groups is 3. The largest absolute Gasteiger partial charge is 0.326 e. The molecule has 122 valence electrons. The molecular formula is C18H22N2O3. The number of likely N-dealkylation sites (tertiary alicyclic amines) is 1. The second kappa shape index (κ2) is 6.52. The molecule has 1 aliphatic carbocycles. The molecule has 2 unspecified atom stereocenters. The fourth-order valence-electron chi connectivity index (χ4n) is 3.61. The molecule has 0 radical (unpaired) electrons. The Labute approximate surface area is 136 Å². The molecule has 1 aromatic rings. The normalized spacial score (nSPS) is 23.8. The zero-order valence-corrected chi connectivity index (χ0v) is 13.4. The molecule has 1 heterocycles. The summed E-state index contributed by atoms with van der Waals surface area (Å²) in [6, 6.07) is 7.55. The monoisotopic (exact) mass is 314 g/mol. The van der Waals surface area contributed by atoms with Crippen molar-refractivity contribution in [2.24, 2.45) is 11.8 Å². The maximum atomic E-state index is 12.3. The highest BCUT2D eigenvalue weighted by Gasteiger charge is 2.47. The van der Waals surface area contributed by atoms with E-state index < -0.39 is 0 Å². The Morgan fingerprint density at radius 2 is 1.83 bits per heavy atom. The Hall–Kier alpha value is -2.17. The molecule has 0 aromatic heterocycles. The van der Waals surface area contributed by atoms with E-state index in [9.17, 15) is 14.4 Å². The van der Waals surface area contributed by atoms with Gasteiger partial charge in [-0.15, -0.1) is 0 Å². The van der Waals surface area contributed by atoms with Crippen molar-refractivity contribution in [3.63, 3.8) is 0 Å². The van der Waals surface area contributed by atoms with Crippen LogP contribution in [0.2, 0.25) is 0 Å². The SMILES string of the molecule is Cc1cccc(NC(=O)CCN2C(=O)C3CCCCC3C2=O)c1. The summed E-state index contributed by atoms with van der Waals surface area (Å²) in [7, 11) is 0. The molecule has 1 N–H and O–H groups in total. The summed E-state index contributed by atoms with van der Waals surface area (Å²) in [4.78, 5) is 38.0. The van der Waals surface area contributed by atoms with Crippen LogP contribution in [-0.2, 0) is 14.4 Å². The highest BCUT2D eigenvalue weighted by atomic mass is 16.2. The van der Waals surface area contributed by atoms with Crippen molar-refractivity contribution in [1.29, 1.82) is 0 Å². The molecule has 2 aliphatic rings. The smallest absolute Gasteiger partial charge is 0.233 e. The maximum Gasteiger partial charge on any atom is 0.233 e. The van der Waals surface area contributed by atoms with Gasteiger partial charge in [-0.1, -0.05) is 25.0 Å². The van der Waals surface area contributed by atoms with Crippen LogP contribution in [0.15, 0.2) is 24.3 Å². The third kappa shape index (κ3) is 3.28. The fraction of sp³-hybridized carbons (Fsp3) is 0.500. The molecule has 1 aromatic carbocycles. The van der Waals surface area contributed by atoms with Gasteiger partial charge in [-0.3, -0.25) is 19.3 Å². The van der Waals surface area contributed by atoms with E-state index >= 15 is 0 Å². The van der Waals surface area contributed by atoms with Crippen LogP contribution in [-0.4, -0.2) is 29.2 Å². The summed E-state index contributed by atoms with van der Waals surface area (Å²) in [5.41, 5.74) is 1.81. The summed E-state index contributed by atoms with van der Waals surface area (Å²) in [5.74, 6) is -0.621. The standard InChI is InChI=1S/C18H22N2O3/c1-12-5-4-6-13(11-12)19-16(21)9-10-20-17(22)14-7-2-3-8-15(14)18(20)23/h4-6,11,14-15H,2-3,7-10H2,1H3,(H,19,21). The van der Waals surface area contributed by atoms with Crippen molar-refractivity contribution in [3.05, 3.63) is 29.8 Å². The van der Waals surface area contributed by atoms with Crippen LogP contribution in [0.5, 0.6) is 0 Å². The Bertz CT molecular complexity index is 617. The van der Waals surface area contributed by atoms with Crippen LogP contribution in [0.4, 0.5) is 5.69 Å². The van der Waals surface area contributed by atoms with Crippen molar-refractivity contribution in [3.8, 4) is 0 Å². The minimum Gasteiger partial charge on any atom is -0.326 e. The molecule has 0 bridgehead atoms. The molecule has 1 saturated heterocycles. The van der Waals surface area contributed by atoms with Crippen molar-refractivity contribution in [1.82, 2.24) is 4.90 Å². The number of fused-ring (bicyclic) bond motifs is 1. The predicted molar refractivity (Wildman–Crippen MR) is 86.6 cm³/mol. The highest BCUT2D eigenvalue weighted by Crippen LogP contribution is 2.37. The first-order valence-electron chi connectivity index (χ1n) is 8.28. The van der Waals surface area contributed by atoms with Gasteiger partial charge in [-0.05, 0) is 37.5 Å². The van der Waals surface area contributed by atoms with Gasteiger partial charge in [0.25, 0.3) is 0 Å². The molecule has 5 nitrogen and oxygen atoms in total. The molecule has 2 fully saturated rings. The van der Waals surface area contributed by atoms with Gasteiger partial charge in [0.2, 0.25) is 17.7 Å². The number of amides is 3. The molecule has 2 atom stereocenters. The predicted octanol–water partition coefficient (Wildman–Crippen LogP) is 2.50. The number of benzene rings is 1. The Balaban J connectivity index is 1.56. The van der Waals surface area contributed by atoms with E-state index in [0.29, 0.717) is 0 Å². The van der Waals surface area contributed by atoms with Crippen LogP contribution < -0.4 is 5.32 Å². The van der Waals surface area contributed by atoms with Gasteiger partial charge >= 0.3 is 0 Å². The second-order valence-corrected chi connectivity index (χ2v) is 6.49. The lowest BCUT2D eigenvalue weighted by Gasteiger charge is -2.19. The zero-order chi connectivity index (χ0) is 16.4. The number of hydrogen-bond donors (Lipinski definition) is 1. The number of aryl methyl sites for hydroxylation is 1. The Morgan fingerprint density at radius 3 is 2.43 bits per heavy atom. The summed E-state index contributed by atoms with van der Waals surface area (Å²) in [6.45, 7) is 2.14. The first-order valence-corrected chi connectivity index (χ1v) is 8.28. The lowest BCUT2D eigenvalue weighted by Crippen LogP contribution is -2.34. The molecule has 3 rings (SSSR count). The van der Waals surface area contributed by atoms with Crippen molar-refractivity contribution < 1.29 is 14.4 Å². The van der Waals surface area contributed by atoms with Crippen LogP contribution in [0.1, 0.15) is 37.7 Å². The summed E-state index contributed by atoms with van der Waals surface area (Å²) >= 11 is 0. The second-order valence-electron chi connectivity index (χ2n) is 6.49. The van der Waals surface area contributed by atoms with E-state index in [0.717, 1.165) is 36.9 Å². The van der Waals surface area contributed by atoms with Crippen molar-refractivity contribution >= 4 is 23.4 Å². The number of hydrogen-bond acceptors (Lipinski definition) is 3. The van der Waals surface area contributed by atoms with Gasteiger partial charge in [0, 0.05) is 18.7 Å². The minimum absolute atomic E-state index is 0.0805. The highest BCUT2D eigenvalue weighted by molar-refractivity contribution is 6.05. The number of nitrogens with zero attached hydrogens (tertiary/aromatic N) is 1. The summed E-state index contributed by atoms with van der Waals surface area (Å²) in [6.07, 6.45) is 3.79. The van der Waals surface area contributed by atoms with Crippen molar-refractivity contribution in [2.75, 3.05) is 11.9 Å². The van der Waals surface area contributed by atoms with Gasteiger partial charge < -0.3 is 5.32 Å². The fourth-order valence-corrected chi connectivity index (χ4v) is 3.61. The van der Waals surface area contributed by atoms with Crippen molar-refractivity contribution in [2.45, 2.75) is 39.0 Å². The molecule has 23 heavy (non-hydrogen) atoms. The lowest BCUT2D eigenvalue weighted by atomic mass is 9.81. The molecular weight excluding hydrogens is 292 g/mol. The molecule has 1 aliphatic heterocycles. The Kier molecular flexibility index (Phi) is 4.46. The number of nitrogens with one attached hydrogen (secondary N) is 1. The van der Waals surface area contributed by atoms with Crippen LogP contribution in [0.3, 0.4) is 0 Å². The Morgan fingerprint density at radius 1 is 1.17 bits per heavy atom. The first kappa shape index (κ1) is 15.7. The van der Waals surface area contributed by atoms with Gasteiger partial charge in [-0.25, -0.2) is 0 Å². The van der Waals surface area contributed by atoms with Gasteiger partial charge in [-0.2, -0.15) is 0 Å². The van der Waals surface area contributed by atoms with Crippen LogP contribution in [0.25, 0.3) is 0 Å². The molecule has 5 heteroatoms. The van der Waals surface area contributed by atoms with E-state index in [1.807, 2.05) is 31.2 Å². The van der Waals surface area contributed by atoms with E-state index in [4.69, 9.17) is 0 Å². The number of rotatable bonds is 4. The van der Waals surface area contributed by atoms with E-state index in [2.05, 4.69) is 5.32 Å². The van der Waals surface area contributed by atoms with E-state index in [-0.39, 0.29) is 42.5 Å². The average molecular weight is 314 g/mol. The molecule has 0 spiro atoms. The third-order valence-corrected chi connectivity index (χ3v) is 4.80. The molecule has 1 saturated carbocycles. The maximum absolute atomic E-state index is 12.3. The zero-order valence-electron chi connectivity index (χ0n) is 13.4. The topological polar surface area (TPSA) is 66.5 Å². The van der Waals surface area contributed by atoms with Gasteiger partial charge in [0.1, 0.15) is 0 Å². The number of anilines is 1. The van der Waals surface area contributed by atoms with Gasteiger partial charge in [0.05, 0.1) is 11.8 Å². The first-order chi connectivity index (χ1) is 11.1. The van der Waals surface area contributed by atoms with E-state index in [1.54, 1.807) is 0 Å². The number of imide groups is 1. The van der Waals surface area contributed by atoms with Crippen LogP contribution in [0, 0.1) is 18.8 Å². The lowest BCUT2D eigenvalue weighted by molar-refractivity contribution is -0.140. The summed E-state index contributed by atoms with van der Waals surface area (Å²) < 4.78 is 0. The minimum atomic E-state index is -0.175. The quantitative estimate of drug-likeness (QED) is 0.868. The average Bonchev–Trinajstić information content (AvgIpc) is 2.77. The number of carbonyl (C=O) groups excluding carboxylic acids is 3. The van der Waals surface area contributed by atoms with E-state index in [1.165, 1.54) is 4.90 Å². The van der Waals surface area contributed by atoms with Gasteiger partial charge in [0.15, 0.2) is 0 Å². The third-order valence-electron chi connectivity index (χ3n) is 4.80. The summed E-state index contributed by atoms with van der Waals surface area (Å²) in [5, 5.41) is 2.81. The molecule has 3 amide bonds. The van der Waals surface area contributed by atoms with Crippen LogP contribution >= 0.6 is 0 Å².